The van der Waals surface area contributed by atoms with Crippen molar-refractivity contribution in [1.29, 1.82) is 0 Å². The van der Waals surface area contributed by atoms with Gasteiger partial charge in [0, 0.05) is 0 Å². The van der Waals surface area contributed by atoms with E-state index in [0.29, 0.717) is 12.8 Å². The van der Waals surface area contributed by atoms with Crippen molar-refractivity contribution in [2.24, 2.45) is 0 Å². The van der Waals surface area contributed by atoms with Gasteiger partial charge in [0.25, 0.3) is 0 Å². The summed E-state index contributed by atoms with van der Waals surface area (Å²) >= 11 is 0. The Hall–Kier alpha value is -0.610. The Morgan fingerprint density at radius 1 is 0.950 bits per heavy atom. The summed E-state index contributed by atoms with van der Waals surface area (Å²) in [6.07, 6.45) is 6.90. The molecule has 1 atom stereocenters. The zero-order chi connectivity index (χ0) is 15.6. The van der Waals surface area contributed by atoms with E-state index in [9.17, 15) is 9.90 Å². The van der Waals surface area contributed by atoms with Gasteiger partial charge < -0.3 is 5.11 Å². The summed E-state index contributed by atoms with van der Waals surface area (Å²) in [5.74, 6) is -0.933. The minimum Gasteiger partial charge on any atom is -0.479 e. The lowest BCUT2D eigenvalue weighted by molar-refractivity contribution is -0.402. The van der Waals surface area contributed by atoms with E-state index in [-0.39, 0.29) is 0 Å². The van der Waals surface area contributed by atoms with Crippen molar-refractivity contribution < 1.29 is 19.7 Å². The molecular formula is C16H32O4. The van der Waals surface area contributed by atoms with Gasteiger partial charge in [0.15, 0.2) is 5.60 Å². The molecule has 0 amide bonds. The highest BCUT2D eigenvalue weighted by molar-refractivity contribution is 5.77. The average molecular weight is 288 g/mol. The van der Waals surface area contributed by atoms with Crippen LogP contribution in [0.25, 0.3) is 0 Å². The summed E-state index contributed by atoms with van der Waals surface area (Å²) in [7, 11) is 0. The maximum atomic E-state index is 11.5. The molecule has 0 aliphatic heterocycles. The topological polar surface area (TPSA) is 55.8 Å². The molecule has 0 spiro atoms. The predicted octanol–water partition coefficient (Wildman–Crippen LogP) is 4.72. The maximum Gasteiger partial charge on any atom is 0.339 e. The van der Waals surface area contributed by atoms with E-state index in [4.69, 9.17) is 9.78 Å². The van der Waals surface area contributed by atoms with Gasteiger partial charge in [-0.15, -0.1) is 0 Å². The zero-order valence-electron chi connectivity index (χ0n) is 13.8. The molecule has 0 aromatic rings. The van der Waals surface area contributed by atoms with Gasteiger partial charge in [-0.05, 0) is 33.1 Å². The van der Waals surface area contributed by atoms with Gasteiger partial charge in [0.05, 0.1) is 5.60 Å². The Morgan fingerprint density at radius 3 is 2.00 bits per heavy atom. The van der Waals surface area contributed by atoms with E-state index < -0.39 is 17.2 Å². The normalized spacial score (nSPS) is 15.1. The number of rotatable bonds is 12. The van der Waals surface area contributed by atoms with Crippen LogP contribution in [0.15, 0.2) is 0 Å². The summed E-state index contributed by atoms with van der Waals surface area (Å²) in [4.78, 5) is 22.5. The number of carboxylic acid groups (broad SMARTS) is 1. The van der Waals surface area contributed by atoms with Gasteiger partial charge in [0.1, 0.15) is 0 Å². The van der Waals surface area contributed by atoms with Gasteiger partial charge in [0.2, 0.25) is 0 Å². The van der Waals surface area contributed by atoms with Crippen LogP contribution in [0.5, 0.6) is 0 Å². The molecule has 1 N–H and O–H groups in total. The Labute approximate surface area is 123 Å². The highest BCUT2D eigenvalue weighted by atomic mass is 17.2. The van der Waals surface area contributed by atoms with E-state index in [1.165, 1.54) is 0 Å². The zero-order valence-corrected chi connectivity index (χ0v) is 13.8. The van der Waals surface area contributed by atoms with Crippen LogP contribution in [0.2, 0.25) is 0 Å². The van der Waals surface area contributed by atoms with Crippen molar-refractivity contribution in [2.75, 3.05) is 0 Å². The molecule has 20 heavy (non-hydrogen) atoms. The molecule has 1 unspecified atom stereocenters. The Balaban J connectivity index is 4.54. The molecule has 0 aliphatic rings. The largest absolute Gasteiger partial charge is 0.479 e. The number of aliphatic carboxylic acids is 1. The number of carbonyl (C=O) groups is 1. The first-order valence-corrected chi connectivity index (χ1v) is 7.93. The first-order chi connectivity index (χ1) is 9.33. The summed E-state index contributed by atoms with van der Waals surface area (Å²) < 4.78 is 0. The van der Waals surface area contributed by atoms with Crippen LogP contribution in [-0.4, -0.2) is 22.3 Å². The monoisotopic (exact) mass is 288 g/mol. The van der Waals surface area contributed by atoms with Crippen molar-refractivity contribution in [2.45, 2.75) is 97.2 Å². The third-order valence-electron chi connectivity index (χ3n) is 3.70. The van der Waals surface area contributed by atoms with E-state index in [1.54, 1.807) is 0 Å². The van der Waals surface area contributed by atoms with Crippen LogP contribution in [0.1, 0.15) is 86.0 Å². The van der Waals surface area contributed by atoms with Crippen molar-refractivity contribution in [1.82, 2.24) is 0 Å². The predicted molar refractivity (Wildman–Crippen MR) is 80.6 cm³/mol. The third kappa shape index (κ3) is 6.71. The second-order valence-corrected chi connectivity index (χ2v) is 6.14. The summed E-state index contributed by atoms with van der Waals surface area (Å²) in [5.41, 5.74) is -1.66. The van der Waals surface area contributed by atoms with Gasteiger partial charge in [-0.1, -0.05) is 52.9 Å². The van der Waals surface area contributed by atoms with Crippen molar-refractivity contribution in [3.05, 3.63) is 0 Å². The lowest BCUT2D eigenvalue weighted by Gasteiger charge is -2.32. The molecule has 0 saturated carbocycles. The molecule has 0 fully saturated rings. The second-order valence-electron chi connectivity index (χ2n) is 6.14. The van der Waals surface area contributed by atoms with Crippen LogP contribution in [0, 0.1) is 0 Å². The lowest BCUT2D eigenvalue weighted by atomic mass is 9.94. The smallest absolute Gasteiger partial charge is 0.339 e. The van der Waals surface area contributed by atoms with Crippen molar-refractivity contribution >= 4 is 5.97 Å². The van der Waals surface area contributed by atoms with Crippen LogP contribution >= 0.6 is 0 Å². The minimum atomic E-state index is -1.21. The average Bonchev–Trinajstić information content (AvgIpc) is 2.39. The molecule has 0 aromatic heterocycles. The van der Waals surface area contributed by atoms with Crippen molar-refractivity contribution in [3.63, 3.8) is 0 Å². The molecule has 120 valence electrons. The van der Waals surface area contributed by atoms with Gasteiger partial charge in [-0.25, -0.2) is 14.6 Å². The standard InChI is InChI=1S/C16H32O4/c1-6-9-11-12-15(4,5)19-20-16(8-3,14(17)18)13-10-7-2/h6-13H2,1-5H3,(H,17,18). The number of hydrogen-bond donors (Lipinski definition) is 1. The highest BCUT2D eigenvalue weighted by Gasteiger charge is 2.40. The molecule has 0 rings (SSSR count). The van der Waals surface area contributed by atoms with Gasteiger partial charge >= 0.3 is 5.97 Å². The van der Waals surface area contributed by atoms with E-state index >= 15 is 0 Å². The fourth-order valence-electron chi connectivity index (χ4n) is 2.07. The Kier molecular flexibility index (Phi) is 9.06. The first kappa shape index (κ1) is 19.4. The quantitative estimate of drug-likeness (QED) is 0.321. The fraction of sp³-hybridized carbons (Fsp3) is 0.938. The van der Waals surface area contributed by atoms with Crippen LogP contribution < -0.4 is 0 Å². The highest BCUT2D eigenvalue weighted by Crippen LogP contribution is 2.28. The van der Waals surface area contributed by atoms with Crippen LogP contribution in [-0.2, 0) is 14.6 Å². The Morgan fingerprint density at radius 2 is 1.55 bits per heavy atom. The maximum absolute atomic E-state index is 11.5. The number of hydrogen-bond acceptors (Lipinski definition) is 3. The SMILES string of the molecule is CCCCCC(C)(C)OOC(CC)(CCCC)C(=O)O. The summed E-state index contributed by atoms with van der Waals surface area (Å²) in [6, 6.07) is 0. The van der Waals surface area contributed by atoms with E-state index in [1.807, 2.05) is 27.7 Å². The number of unbranched alkanes of at least 4 members (excludes halogenated alkanes) is 3. The fourth-order valence-corrected chi connectivity index (χ4v) is 2.07. The van der Waals surface area contributed by atoms with E-state index in [2.05, 4.69) is 6.92 Å². The van der Waals surface area contributed by atoms with Gasteiger partial charge in [-0.3, -0.25) is 0 Å². The van der Waals surface area contributed by atoms with Crippen LogP contribution in [0.3, 0.4) is 0 Å². The summed E-state index contributed by atoms with van der Waals surface area (Å²) in [5, 5.41) is 9.46. The third-order valence-corrected chi connectivity index (χ3v) is 3.70. The molecule has 0 saturated heterocycles. The summed E-state index contributed by atoms with van der Waals surface area (Å²) in [6.45, 7) is 9.92. The number of carboxylic acids is 1. The molecule has 0 aromatic carbocycles. The Bertz CT molecular complexity index is 276. The van der Waals surface area contributed by atoms with Crippen molar-refractivity contribution in [3.8, 4) is 0 Å². The molecule has 0 bridgehead atoms. The molecule has 0 heterocycles. The molecule has 4 nitrogen and oxygen atoms in total. The van der Waals surface area contributed by atoms with E-state index in [0.717, 1.165) is 38.5 Å². The molecule has 4 heteroatoms. The molecule has 0 aliphatic carbocycles. The second kappa shape index (κ2) is 9.35. The molecular weight excluding hydrogens is 256 g/mol. The van der Waals surface area contributed by atoms with Gasteiger partial charge in [-0.2, -0.15) is 0 Å². The molecule has 0 radical (unpaired) electrons. The first-order valence-electron chi connectivity index (χ1n) is 7.93. The minimum absolute atomic E-state index is 0.410. The lowest BCUT2D eigenvalue weighted by Crippen LogP contribution is -2.43. The van der Waals surface area contributed by atoms with Crippen LogP contribution in [0.4, 0.5) is 0 Å².